The number of piperazine rings is 1. The predicted octanol–water partition coefficient (Wildman–Crippen LogP) is 0.948. The Morgan fingerprint density at radius 1 is 1.00 bits per heavy atom. The summed E-state index contributed by atoms with van der Waals surface area (Å²) in [5.41, 5.74) is 0.840. The molecule has 0 bridgehead atoms. The zero-order valence-corrected chi connectivity index (χ0v) is 13.7. The summed E-state index contributed by atoms with van der Waals surface area (Å²) in [7, 11) is 1.41. The van der Waals surface area contributed by atoms with Crippen LogP contribution in [-0.4, -0.2) is 65.1 Å². The van der Waals surface area contributed by atoms with Gasteiger partial charge in [0, 0.05) is 32.2 Å². The molecule has 1 aromatic rings. The van der Waals surface area contributed by atoms with Crippen molar-refractivity contribution in [1.82, 2.24) is 9.21 Å². The molecular formula is C14H22N2O4S. The Labute approximate surface area is 126 Å². The first kappa shape index (κ1) is 16.1. The Kier molecular flexibility index (Phi) is 4.75. The number of likely N-dealkylation sites (N-methyl/N-ethyl adjacent to an activating group) is 1. The van der Waals surface area contributed by atoms with Gasteiger partial charge in [0.25, 0.3) is 0 Å². The molecule has 1 saturated heterocycles. The van der Waals surface area contributed by atoms with Gasteiger partial charge in [-0.3, -0.25) is 0 Å². The zero-order valence-electron chi connectivity index (χ0n) is 12.9. The van der Waals surface area contributed by atoms with Crippen LogP contribution in [-0.2, 0) is 10.0 Å². The van der Waals surface area contributed by atoms with Gasteiger partial charge in [0.2, 0.25) is 10.0 Å². The lowest BCUT2D eigenvalue weighted by Gasteiger charge is -2.32. The summed E-state index contributed by atoms with van der Waals surface area (Å²) in [6.45, 7) is 4.28. The molecule has 1 aliphatic rings. The van der Waals surface area contributed by atoms with E-state index in [2.05, 4.69) is 4.90 Å². The van der Waals surface area contributed by atoms with Crippen LogP contribution in [0.5, 0.6) is 11.5 Å². The van der Waals surface area contributed by atoms with Crippen molar-refractivity contribution in [3.05, 3.63) is 17.7 Å². The van der Waals surface area contributed by atoms with E-state index >= 15 is 0 Å². The minimum Gasteiger partial charge on any atom is -0.496 e. The molecule has 1 heterocycles. The number of methoxy groups -OCH3 is 2. The zero-order chi connectivity index (χ0) is 15.6. The van der Waals surface area contributed by atoms with Crippen LogP contribution in [0.15, 0.2) is 17.0 Å². The summed E-state index contributed by atoms with van der Waals surface area (Å²) in [6.07, 6.45) is 0. The molecule has 7 heteroatoms. The van der Waals surface area contributed by atoms with Crippen LogP contribution in [0.4, 0.5) is 0 Å². The van der Waals surface area contributed by atoms with Gasteiger partial charge in [-0.15, -0.1) is 0 Å². The number of rotatable bonds is 4. The van der Waals surface area contributed by atoms with Gasteiger partial charge < -0.3 is 14.4 Å². The van der Waals surface area contributed by atoms with Crippen molar-refractivity contribution < 1.29 is 17.9 Å². The van der Waals surface area contributed by atoms with E-state index in [4.69, 9.17) is 9.47 Å². The molecule has 6 nitrogen and oxygen atoms in total. The van der Waals surface area contributed by atoms with Crippen molar-refractivity contribution >= 4 is 10.0 Å². The van der Waals surface area contributed by atoms with Gasteiger partial charge in [-0.25, -0.2) is 8.42 Å². The monoisotopic (exact) mass is 314 g/mol. The molecule has 0 amide bonds. The van der Waals surface area contributed by atoms with Gasteiger partial charge in [-0.05, 0) is 25.6 Å². The smallest absolute Gasteiger partial charge is 0.246 e. The maximum atomic E-state index is 12.8. The number of sulfonamides is 1. The summed E-state index contributed by atoms with van der Waals surface area (Å²) in [4.78, 5) is 2.27. The van der Waals surface area contributed by atoms with E-state index in [9.17, 15) is 8.42 Å². The summed E-state index contributed by atoms with van der Waals surface area (Å²) in [5.74, 6) is 0.899. The van der Waals surface area contributed by atoms with E-state index in [1.807, 2.05) is 14.0 Å². The van der Waals surface area contributed by atoms with Gasteiger partial charge >= 0.3 is 0 Å². The van der Waals surface area contributed by atoms with Crippen LogP contribution >= 0.6 is 0 Å². The fraction of sp³-hybridized carbons (Fsp3) is 0.571. The molecule has 1 fully saturated rings. The van der Waals surface area contributed by atoms with Crippen LogP contribution in [0.2, 0.25) is 0 Å². The molecule has 0 atom stereocenters. The van der Waals surface area contributed by atoms with Crippen LogP contribution in [0.25, 0.3) is 0 Å². The first-order chi connectivity index (χ1) is 9.90. The number of hydrogen-bond acceptors (Lipinski definition) is 5. The van der Waals surface area contributed by atoms with E-state index in [1.165, 1.54) is 18.5 Å². The molecule has 0 saturated carbocycles. The van der Waals surface area contributed by atoms with Gasteiger partial charge in [0.05, 0.1) is 14.2 Å². The number of hydrogen-bond donors (Lipinski definition) is 0. The number of nitrogens with zero attached hydrogens (tertiary/aromatic N) is 2. The van der Waals surface area contributed by atoms with Crippen molar-refractivity contribution in [3.8, 4) is 11.5 Å². The lowest BCUT2D eigenvalue weighted by atomic mass is 10.2. The largest absolute Gasteiger partial charge is 0.496 e. The molecule has 0 spiro atoms. The normalized spacial score (nSPS) is 17.7. The second kappa shape index (κ2) is 6.21. The maximum absolute atomic E-state index is 12.8. The van der Waals surface area contributed by atoms with E-state index in [-0.39, 0.29) is 4.90 Å². The number of aryl methyl sites for hydroxylation is 1. The second-order valence-corrected chi connectivity index (χ2v) is 7.09. The fourth-order valence-electron chi connectivity index (χ4n) is 2.39. The molecule has 0 aliphatic carbocycles. The number of benzene rings is 1. The number of ether oxygens (including phenoxy) is 2. The minimum atomic E-state index is -3.58. The Balaban J connectivity index is 2.43. The van der Waals surface area contributed by atoms with Gasteiger partial charge in [-0.2, -0.15) is 4.31 Å². The Morgan fingerprint density at radius 2 is 1.57 bits per heavy atom. The standard InChI is InChI=1S/C14H22N2O4S/c1-11-9-13(20-4)14(10-12(11)19-3)21(17,18)16-7-5-15(2)6-8-16/h9-10H,5-8H2,1-4H3. The summed E-state index contributed by atoms with van der Waals surface area (Å²) in [5, 5.41) is 0. The van der Waals surface area contributed by atoms with Crippen molar-refractivity contribution in [2.45, 2.75) is 11.8 Å². The third kappa shape index (κ3) is 3.14. The first-order valence-corrected chi connectivity index (χ1v) is 8.25. The quantitative estimate of drug-likeness (QED) is 0.828. The van der Waals surface area contributed by atoms with Gasteiger partial charge in [0.1, 0.15) is 16.4 Å². The van der Waals surface area contributed by atoms with E-state index in [0.29, 0.717) is 24.6 Å². The van der Waals surface area contributed by atoms with Crippen molar-refractivity contribution in [2.75, 3.05) is 47.4 Å². The SMILES string of the molecule is COc1cc(S(=O)(=O)N2CCN(C)CC2)c(OC)cc1C. The van der Waals surface area contributed by atoms with Crippen molar-refractivity contribution in [3.63, 3.8) is 0 Å². The highest BCUT2D eigenvalue weighted by molar-refractivity contribution is 7.89. The van der Waals surface area contributed by atoms with Crippen molar-refractivity contribution in [2.24, 2.45) is 0 Å². The third-order valence-electron chi connectivity index (χ3n) is 3.76. The molecule has 1 aromatic carbocycles. The molecule has 0 unspecified atom stereocenters. The van der Waals surface area contributed by atoms with Gasteiger partial charge in [0.15, 0.2) is 0 Å². The molecular weight excluding hydrogens is 292 g/mol. The van der Waals surface area contributed by atoms with E-state index < -0.39 is 10.0 Å². The van der Waals surface area contributed by atoms with Crippen molar-refractivity contribution in [1.29, 1.82) is 0 Å². The molecule has 2 rings (SSSR count). The highest BCUT2D eigenvalue weighted by Crippen LogP contribution is 2.33. The lowest BCUT2D eigenvalue weighted by Crippen LogP contribution is -2.47. The predicted molar refractivity (Wildman–Crippen MR) is 80.5 cm³/mol. The van der Waals surface area contributed by atoms with E-state index in [1.54, 1.807) is 12.1 Å². The van der Waals surface area contributed by atoms with E-state index in [0.717, 1.165) is 18.7 Å². The Bertz CT molecular complexity index is 608. The molecule has 0 N–H and O–H groups in total. The molecule has 21 heavy (non-hydrogen) atoms. The third-order valence-corrected chi connectivity index (χ3v) is 5.68. The lowest BCUT2D eigenvalue weighted by molar-refractivity contribution is 0.222. The van der Waals surface area contributed by atoms with Crippen LogP contribution < -0.4 is 9.47 Å². The maximum Gasteiger partial charge on any atom is 0.246 e. The average molecular weight is 314 g/mol. The summed E-state index contributed by atoms with van der Waals surface area (Å²) in [6, 6.07) is 3.24. The highest BCUT2D eigenvalue weighted by atomic mass is 32.2. The van der Waals surface area contributed by atoms with Gasteiger partial charge in [-0.1, -0.05) is 0 Å². The molecule has 0 aromatic heterocycles. The molecule has 1 aliphatic heterocycles. The van der Waals surface area contributed by atoms with Crippen LogP contribution in [0.3, 0.4) is 0 Å². The Hall–Kier alpha value is -1.31. The Morgan fingerprint density at radius 3 is 2.10 bits per heavy atom. The minimum absolute atomic E-state index is 0.164. The second-order valence-electron chi connectivity index (χ2n) is 5.18. The summed E-state index contributed by atoms with van der Waals surface area (Å²) >= 11 is 0. The summed E-state index contributed by atoms with van der Waals surface area (Å²) < 4.78 is 37.6. The molecule has 0 radical (unpaired) electrons. The van der Waals surface area contributed by atoms with Crippen LogP contribution in [0.1, 0.15) is 5.56 Å². The first-order valence-electron chi connectivity index (χ1n) is 6.81. The highest BCUT2D eigenvalue weighted by Gasteiger charge is 2.30. The average Bonchev–Trinajstić information content (AvgIpc) is 2.47. The van der Waals surface area contributed by atoms with Crippen LogP contribution in [0, 0.1) is 6.92 Å². The fourth-order valence-corrected chi connectivity index (χ4v) is 3.97. The topological polar surface area (TPSA) is 59.1 Å². The molecule has 118 valence electrons.